The lowest BCUT2D eigenvalue weighted by Gasteiger charge is -2.29. The highest BCUT2D eigenvalue weighted by Crippen LogP contribution is 2.46. The number of nitrogens with zero attached hydrogens (tertiary/aromatic N) is 1. The van der Waals surface area contributed by atoms with E-state index in [-0.39, 0.29) is 11.8 Å². The highest BCUT2D eigenvalue weighted by atomic mass is 16.6. The Morgan fingerprint density at radius 2 is 0.818 bits per heavy atom. The number of carbonyl (C=O) groups is 4. The molecule has 0 saturated heterocycles. The van der Waals surface area contributed by atoms with Crippen LogP contribution in [0.4, 0.5) is 0 Å². The summed E-state index contributed by atoms with van der Waals surface area (Å²) >= 11 is 0. The highest BCUT2D eigenvalue weighted by Gasteiger charge is 2.35. The molecule has 0 fully saturated rings. The molecule has 2 aliphatic heterocycles. The van der Waals surface area contributed by atoms with Crippen molar-refractivity contribution in [2.75, 3.05) is 6.54 Å². The van der Waals surface area contributed by atoms with Crippen molar-refractivity contribution in [1.82, 2.24) is 4.90 Å². The van der Waals surface area contributed by atoms with Crippen LogP contribution in [0.5, 0.6) is 0 Å². The molecular formula is C38H37NO5. The number of benzene rings is 5. The van der Waals surface area contributed by atoms with Gasteiger partial charge in [0.25, 0.3) is 11.8 Å². The summed E-state index contributed by atoms with van der Waals surface area (Å²) in [6.07, 6.45) is 14.7. The van der Waals surface area contributed by atoms with Gasteiger partial charge in [-0.25, -0.2) is 9.59 Å². The number of hydrogen-bond acceptors (Lipinski definition) is 5. The summed E-state index contributed by atoms with van der Waals surface area (Å²) in [5.41, 5.74) is 1.83. The molecule has 5 aromatic rings. The molecule has 0 aliphatic carbocycles. The number of imide groups is 1. The van der Waals surface area contributed by atoms with Gasteiger partial charge in [0.1, 0.15) is 0 Å². The van der Waals surface area contributed by atoms with Crippen molar-refractivity contribution in [1.29, 1.82) is 0 Å². The highest BCUT2D eigenvalue weighted by molar-refractivity contribution is 6.40. The van der Waals surface area contributed by atoms with E-state index in [1.807, 2.05) is 36.4 Å². The lowest BCUT2D eigenvalue weighted by atomic mass is 9.83. The summed E-state index contributed by atoms with van der Waals surface area (Å²) in [7, 11) is 0. The summed E-state index contributed by atoms with van der Waals surface area (Å²) in [6, 6.07) is 14.7. The Morgan fingerprint density at radius 3 is 1.25 bits per heavy atom. The van der Waals surface area contributed by atoms with Gasteiger partial charge in [-0.1, -0.05) is 102 Å². The fraction of sp³-hybridized carbons (Fsp3) is 0.368. The first-order chi connectivity index (χ1) is 21.5. The van der Waals surface area contributed by atoms with Crippen LogP contribution >= 0.6 is 0 Å². The smallest absolute Gasteiger partial charge is 0.346 e. The van der Waals surface area contributed by atoms with E-state index in [4.69, 9.17) is 4.74 Å². The van der Waals surface area contributed by atoms with Crippen molar-refractivity contribution in [3.63, 3.8) is 0 Å². The fourth-order valence-electron chi connectivity index (χ4n) is 7.48. The average Bonchev–Trinajstić information content (AvgIpc) is 3.03. The third kappa shape index (κ3) is 4.54. The third-order valence-electron chi connectivity index (χ3n) is 9.71. The molecule has 0 N–H and O–H groups in total. The molecule has 7 rings (SSSR count). The molecule has 224 valence electrons. The summed E-state index contributed by atoms with van der Waals surface area (Å²) in [4.78, 5) is 54.0. The topological polar surface area (TPSA) is 80.8 Å². The Bertz CT molecular complexity index is 1850. The molecule has 5 aromatic carbocycles. The standard InChI is InChI=1S/C38H37NO5/c1-2-3-4-5-6-7-8-9-10-11-12-13-22-39-35(40)27-18-14-23-25-16-20-29-34-30(38(43)44-37(29)42)21-17-26(32(25)34)24-15-19-28(36(39)41)33(27)31(23)24/h14-21H,2-13,22H2,1H3. The van der Waals surface area contributed by atoms with Gasteiger partial charge in [-0.15, -0.1) is 0 Å². The van der Waals surface area contributed by atoms with Gasteiger partial charge in [-0.2, -0.15) is 0 Å². The maximum absolute atomic E-state index is 13.7. The number of cyclic esters (lactones) is 2. The molecule has 0 aromatic heterocycles. The second-order valence-corrected chi connectivity index (χ2v) is 12.5. The van der Waals surface area contributed by atoms with E-state index in [0.29, 0.717) is 39.6 Å². The molecule has 2 amide bonds. The largest absolute Gasteiger partial charge is 0.386 e. The minimum atomic E-state index is -0.647. The lowest BCUT2D eigenvalue weighted by molar-refractivity contribution is 0.0390. The van der Waals surface area contributed by atoms with E-state index < -0.39 is 11.9 Å². The number of rotatable bonds is 13. The van der Waals surface area contributed by atoms with Gasteiger partial charge in [-0.05, 0) is 63.0 Å². The van der Waals surface area contributed by atoms with Crippen molar-refractivity contribution in [2.24, 2.45) is 0 Å². The minimum absolute atomic E-state index is 0.237. The molecule has 0 bridgehead atoms. The van der Waals surface area contributed by atoms with Crippen LogP contribution in [0.1, 0.15) is 125 Å². The minimum Gasteiger partial charge on any atom is -0.386 e. The number of esters is 2. The number of hydrogen-bond donors (Lipinski definition) is 0. The molecular weight excluding hydrogens is 550 g/mol. The van der Waals surface area contributed by atoms with E-state index in [1.54, 1.807) is 12.1 Å². The van der Waals surface area contributed by atoms with Gasteiger partial charge >= 0.3 is 11.9 Å². The summed E-state index contributed by atoms with van der Waals surface area (Å²) < 4.78 is 4.97. The van der Waals surface area contributed by atoms with Crippen LogP contribution in [0.3, 0.4) is 0 Å². The number of amides is 2. The van der Waals surface area contributed by atoms with Crippen molar-refractivity contribution in [3.05, 3.63) is 70.8 Å². The summed E-state index contributed by atoms with van der Waals surface area (Å²) in [5, 5.41) is 6.50. The lowest BCUT2D eigenvalue weighted by Crippen LogP contribution is -2.40. The normalized spacial score (nSPS) is 14.6. The first-order valence-electron chi connectivity index (χ1n) is 16.3. The number of carbonyl (C=O) groups excluding carboxylic acids is 4. The van der Waals surface area contributed by atoms with Crippen LogP contribution in [-0.4, -0.2) is 35.2 Å². The molecule has 2 heterocycles. The molecule has 0 unspecified atom stereocenters. The van der Waals surface area contributed by atoms with Gasteiger partial charge in [0.15, 0.2) is 0 Å². The number of fused-ring (bicyclic) bond motifs is 2. The van der Waals surface area contributed by atoms with Crippen LogP contribution in [0.15, 0.2) is 48.5 Å². The quantitative estimate of drug-likeness (QED) is 0.0342. The molecule has 44 heavy (non-hydrogen) atoms. The zero-order valence-corrected chi connectivity index (χ0v) is 25.3. The predicted octanol–water partition coefficient (Wildman–Crippen LogP) is 9.34. The fourth-order valence-corrected chi connectivity index (χ4v) is 7.48. The van der Waals surface area contributed by atoms with Gasteiger partial charge in [-0.3, -0.25) is 14.5 Å². The predicted molar refractivity (Wildman–Crippen MR) is 174 cm³/mol. The van der Waals surface area contributed by atoms with Crippen molar-refractivity contribution in [3.8, 4) is 0 Å². The van der Waals surface area contributed by atoms with Crippen LogP contribution in [0.2, 0.25) is 0 Å². The molecule has 2 aliphatic rings. The van der Waals surface area contributed by atoms with Gasteiger partial charge in [0, 0.05) is 28.4 Å². The van der Waals surface area contributed by atoms with Crippen LogP contribution < -0.4 is 0 Å². The Morgan fingerprint density at radius 1 is 0.455 bits per heavy atom. The van der Waals surface area contributed by atoms with Crippen molar-refractivity contribution in [2.45, 2.75) is 84.0 Å². The molecule has 0 radical (unpaired) electrons. The molecule has 6 heteroatoms. The number of unbranched alkanes of at least 4 members (excludes halogenated alkanes) is 11. The van der Waals surface area contributed by atoms with E-state index >= 15 is 0 Å². The Labute approximate surface area is 256 Å². The van der Waals surface area contributed by atoms with Gasteiger partial charge < -0.3 is 4.74 Å². The van der Waals surface area contributed by atoms with Gasteiger partial charge in [0.05, 0.1) is 11.1 Å². The zero-order valence-electron chi connectivity index (χ0n) is 25.3. The Hall–Kier alpha value is -4.32. The summed E-state index contributed by atoms with van der Waals surface area (Å²) in [5.74, 6) is -1.77. The van der Waals surface area contributed by atoms with E-state index in [0.717, 1.165) is 51.6 Å². The van der Waals surface area contributed by atoms with Crippen molar-refractivity contribution >= 4 is 66.8 Å². The number of ether oxygens (including phenoxy) is 1. The Kier molecular flexibility index (Phi) is 7.53. The average molecular weight is 588 g/mol. The maximum atomic E-state index is 13.7. The first-order valence-corrected chi connectivity index (χ1v) is 16.3. The Balaban J connectivity index is 1.12. The second-order valence-electron chi connectivity index (χ2n) is 12.5. The van der Waals surface area contributed by atoms with Crippen LogP contribution in [-0.2, 0) is 4.74 Å². The molecule has 0 atom stereocenters. The molecule has 6 nitrogen and oxygen atoms in total. The SMILES string of the molecule is CCCCCCCCCCCCCCN1C(=O)c2ccc3c4ccc5c6c(ccc(c7ccc(c2c37)C1=O)c64)C(=O)OC5=O. The summed E-state index contributed by atoms with van der Waals surface area (Å²) in [6.45, 7) is 2.68. The van der Waals surface area contributed by atoms with Crippen LogP contribution in [0.25, 0.3) is 43.1 Å². The van der Waals surface area contributed by atoms with E-state index in [1.165, 1.54) is 62.7 Å². The second kappa shape index (κ2) is 11.6. The van der Waals surface area contributed by atoms with Crippen LogP contribution in [0, 0.1) is 0 Å². The van der Waals surface area contributed by atoms with E-state index in [9.17, 15) is 19.2 Å². The zero-order chi connectivity index (χ0) is 30.4. The van der Waals surface area contributed by atoms with E-state index in [2.05, 4.69) is 6.92 Å². The third-order valence-corrected chi connectivity index (χ3v) is 9.71. The molecule has 0 spiro atoms. The maximum Gasteiger partial charge on any atom is 0.346 e. The monoisotopic (exact) mass is 587 g/mol. The first kappa shape index (κ1) is 28.5. The molecule has 0 saturated carbocycles. The van der Waals surface area contributed by atoms with Crippen molar-refractivity contribution < 1.29 is 23.9 Å². The van der Waals surface area contributed by atoms with Gasteiger partial charge in [0.2, 0.25) is 0 Å².